The Bertz CT molecular complexity index is 546. The Labute approximate surface area is 112 Å². The third-order valence-electron chi connectivity index (χ3n) is 2.81. The fraction of sp³-hybridized carbons (Fsp3) is 0.200. The highest BCUT2D eigenvalue weighted by Crippen LogP contribution is 2.17. The van der Waals surface area contributed by atoms with Crippen LogP contribution >= 0.6 is 0 Å². The predicted molar refractivity (Wildman–Crippen MR) is 72.4 cm³/mol. The highest BCUT2D eigenvalue weighted by molar-refractivity contribution is 5.31. The van der Waals surface area contributed by atoms with Gasteiger partial charge in [0.25, 0.3) is 0 Å². The Morgan fingerprint density at radius 1 is 1.32 bits per heavy atom. The van der Waals surface area contributed by atoms with Gasteiger partial charge in [-0.15, -0.1) is 0 Å². The van der Waals surface area contributed by atoms with E-state index in [0.717, 1.165) is 16.9 Å². The van der Waals surface area contributed by atoms with E-state index in [4.69, 9.17) is 4.74 Å². The van der Waals surface area contributed by atoms with E-state index < -0.39 is 0 Å². The lowest BCUT2D eigenvalue weighted by molar-refractivity contribution is 0.414. The summed E-state index contributed by atoms with van der Waals surface area (Å²) in [6.07, 6.45) is 3.52. The highest BCUT2D eigenvalue weighted by Gasteiger charge is 2.09. The van der Waals surface area contributed by atoms with Crippen LogP contribution in [0.4, 0.5) is 0 Å². The summed E-state index contributed by atoms with van der Waals surface area (Å²) in [5.74, 6) is 0.785. The van der Waals surface area contributed by atoms with Crippen molar-refractivity contribution < 1.29 is 4.74 Å². The zero-order chi connectivity index (χ0) is 13.5. The maximum atomic E-state index is 9.22. The van der Waals surface area contributed by atoms with Crippen LogP contribution in [0.3, 0.4) is 0 Å². The summed E-state index contributed by atoms with van der Waals surface area (Å²) in [6, 6.07) is 13.3. The monoisotopic (exact) mass is 253 g/mol. The largest absolute Gasteiger partial charge is 0.497 e. The number of pyridine rings is 1. The lowest BCUT2D eigenvalue weighted by Gasteiger charge is -2.12. The second-order valence-corrected chi connectivity index (χ2v) is 4.08. The molecule has 0 spiro atoms. The first-order valence-electron chi connectivity index (χ1n) is 5.99. The van der Waals surface area contributed by atoms with Crippen LogP contribution in [0.1, 0.15) is 17.2 Å². The minimum absolute atomic E-state index is 0.342. The summed E-state index contributed by atoms with van der Waals surface area (Å²) in [5.41, 5.74) is 1.98. The molecule has 4 nitrogen and oxygen atoms in total. The van der Waals surface area contributed by atoms with Crippen molar-refractivity contribution in [2.24, 2.45) is 0 Å². The Balaban J connectivity index is 2.02. The minimum atomic E-state index is -0.342. The molecule has 0 aliphatic rings. The van der Waals surface area contributed by atoms with E-state index in [2.05, 4.69) is 16.4 Å². The van der Waals surface area contributed by atoms with E-state index in [1.54, 1.807) is 19.5 Å². The summed E-state index contributed by atoms with van der Waals surface area (Å²) in [6.45, 7) is 0.609. The molecule has 0 bridgehead atoms. The lowest BCUT2D eigenvalue weighted by atomic mass is 10.1. The SMILES string of the molecule is COc1ccc(C(C#N)NCc2cccnc2)cc1. The zero-order valence-corrected chi connectivity index (χ0v) is 10.7. The molecule has 0 saturated carbocycles. The summed E-state index contributed by atoms with van der Waals surface area (Å²) >= 11 is 0. The van der Waals surface area contributed by atoms with Crippen molar-refractivity contribution in [3.8, 4) is 11.8 Å². The molecule has 1 atom stereocenters. The molecule has 0 saturated heterocycles. The molecule has 96 valence electrons. The first kappa shape index (κ1) is 13.1. The Hall–Kier alpha value is -2.38. The molecule has 0 aliphatic carbocycles. The van der Waals surface area contributed by atoms with Crippen molar-refractivity contribution in [3.05, 3.63) is 59.9 Å². The van der Waals surface area contributed by atoms with Crippen LogP contribution in [0.5, 0.6) is 5.75 Å². The summed E-state index contributed by atoms with van der Waals surface area (Å²) in [4.78, 5) is 4.04. The summed E-state index contributed by atoms with van der Waals surface area (Å²) in [7, 11) is 1.62. The first-order valence-corrected chi connectivity index (χ1v) is 5.99. The number of hydrogen-bond donors (Lipinski definition) is 1. The average molecular weight is 253 g/mol. The second kappa shape index (κ2) is 6.53. The van der Waals surface area contributed by atoms with E-state index >= 15 is 0 Å². The van der Waals surface area contributed by atoms with Crippen LogP contribution in [-0.4, -0.2) is 12.1 Å². The van der Waals surface area contributed by atoms with Gasteiger partial charge < -0.3 is 4.74 Å². The van der Waals surface area contributed by atoms with E-state index in [0.29, 0.717) is 6.54 Å². The molecule has 1 N–H and O–H groups in total. The van der Waals surface area contributed by atoms with Crippen LogP contribution in [0.2, 0.25) is 0 Å². The van der Waals surface area contributed by atoms with Crippen molar-refractivity contribution >= 4 is 0 Å². The van der Waals surface area contributed by atoms with E-state index in [1.807, 2.05) is 36.4 Å². The molecule has 0 amide bonds. The molecule has 0 aliphatic heterocycles. The lowest BCUT2D eigenvalue weighted by Crippen LogP contribution is -2.19. The number of nitrogens with zero attached hydrogens (tertiary/aromatic N) is 2. The third kappa shape index (κ3) is 3.54. The number of aromatic nitrogens is 1. The molecule has 19 heavy (non-hydrogen) atoms. The fourth-order valence-corrected chi connectivity index (χ4v) is 1.76. The molecule has 1 aromatic carbocycles. The van der Waals surface area contributed by atoms with Gasteiger partial charge in [-0.05, 0) is 29.3 Å². The van der Waals surface area contributed by atoms with Crippen LogP contribution in [0.15, 0.2) is 48.8 Å². The fourth-order valence-electron chi connectivity index (χ4n) is 1.76. The van der Waals surface area contributed by atoms with Gasteiger partial charge in [0, 0.05) is 18.9 Å². The number of ether oxygens (including phenoxy) is 1. The maximum Gasteiger partial charge on any atom is 0.121 e. The van der Waals surface area contributed by atoms with Crippen LogP contribution in [-0.2, 0) is 6.54 Å². The number of nitrogens with one attached hydrogen (secondary N) is 1. The standard InChI is InChI=1S/C15H15N3O/c1-19-14-6-4-13(5-7-14)15(9-16)18-11-12-3-2-8-17-10-12/h2-8,10,15,18H,11H2,1H3. The number of hydrogen-bond acceptors (Lipinski definition) is 4. The van der Waals surface area contributed by atoms with Crippen LogP contribution in [0.25, 0.3) is 0 Å². The quantitative estimate of drug-likeness (QED) is 0.889. The Morgan fingerprint density at radius 2 is 2.11 bits per heavy atom. The van der Waals surface area contributed by atoms with Crippen molar-refractivity contribution in [2.75, 3.05) is 7.11 Å². The molecule has 0 fully saturated rings. The van der Waals surface area contributed by atoms with E-state index in [-0.39, 0.29) is 6.04 Å². The summed E-state index contributed by atoms with van der Waals surface area (Å²) < 4.78 is 5.10. The topological polar surface area (TPSA) is 57.9 Å². The molecule has 2 aromatic rings. The smallest absolute Gasteiger partial charge is 0.121 e. The third-order valence-corrected chi connectivity index (χ3v) is 2.81. The minimum Gasteiger partial charge on any atom is -0.497 e. The highest BCUT2D eigenvalue weighted by atomic mass is 16.5. The Kier molecular flexibility index (Phi) is 4.49. The molecule has 0 radical (unpaired) electrons. The predicted octanol–water partition coefficient (Wildman–Crippen LogP) is 2.44. The van der Waals surface area contributed by atoms with Gasteiger partial charge in [-0.2, -0.15) is 5.26 Å². The van der Waals surface area contributed by atoms with E-state index in [9.17, 15) is 5.26 Å². The molecule has 1 unspecified atom stereocenters. The molecule has 2 rings (SSSR count). The first-order chi connectivity index (χ1) is 9.33. The van der Waals surface area contributed by atoms with E-state index in [1.165, 1.54) is 0 Å². The van der Waals surface area contributed by atoms with Gasteiger partial charge in [0.1, 0.15) is 11.8 Å². The molecule has 1 heterocycles. The second-order valence-electron chi connectivity index (χ2n) is 4.08. The van der Waals surface area contributed by atoms with Crippen molar-refractivity contribution in [1.82, 2.24) is 10.3 Å². The number of benzene rings is 1. The van der Waals surface area contributed by atoms with Gasteiger partial charge in [-0.1, -0.05) is 18.2 Å². The van der Waals surface area contributed by atoms with Crippen molar-refractivity contribution in [3.63, 3.8) is 0 Å². The van der Waals surface area contributed by atoms with Gasteiger partial charge in [-0.25, -0.2) is 0 Å². The number of nitriles is 1. The maximum absolute atomic E-state index is 9.22. The number of rotatable bonds is 5. The van der Waals surface area contributed by atoms with Crippen LogP contribution in [0, 0.1) is 11.3 Å². The van der Waals surface area contributed by atoms with Gasteiger partial charge in [0.15, 0.2) is 0 Å². The van der Waals surface area contributed by atoms with Gasteiger partial charge >= 0.3 is 0 Å². The van der Waals surface area contributed by atoms with Gasteiger partial charge in [0.2, 0.25) is 0 Å². The zero-order valence-electron chi connectivity index (χ0n) is 10.7. The Morgan fingerprint density at radius 3 is 2.68 bits per heavy atom. The normalized spacial score (nSPS) is 11.6. The average Bonchev–Trinajstić information content (AvgIpc) is 2.49. The summed E-state index contributed by atoms with van der Waals surface area (Å²) in [5, 5.41) is 12.4. The number of methoxy groups -OCH3 is 1. The van der Waals surface area contributed by atoms with Gasteiger partial charge in [-0.3, -0.25) is 10.3 Å². The molecular formula is C15H15N3O. The van der Waals surface area contributed by atoms with Crippen LogP contribution < -0.4 is 10.1 Å². The molecule has 4 heteroatoms. The molecular weight excluding hydrogens is 238 g/mol. The molecule has 1 aromatic heterocycles. The van der Waals surface area contributed by atoms with Crippen molar-refractivity contribution in [1.29, 1.82) is 5.26 Å². The van der Waals surface area contributed by atoms with Crippen molar-refractivity contribution in [2.45, 2.75) is 12.6 Å². The van der Waals surface area contributed by atoms with Gasteiger partial charge in [0.05, 0.1) is 13.2 Å².